The van der Waals surface area contributed by atoms with E-state index in [2.05, 4.69) is 339 Å². The Balaban J connectivity index is 0.927. The van der Waals surface area contributed by atoms with Crippen LogP contribution in [0, 0.1) is 0 Å². The van der Waals surface area contributed by atoms with E-state index >= 15 is 0 Å². The molecule has 0 amide bonds. The zero-order valence-corrected chi connectivity index (χ0v) is 45.2. The van der Waals surface area contributed by atoms with Gasteiger partial charge in [0.25, 0.3) is 0 Å². The molecular weight excluding hydrogens is 987 g/mol. The predicted molar refractivity (Wildman–Crippen MR) is 346 cm³/mol. The van der Waals surface area contributed by atoms with Gasteiger partial charge < -0.3 is 4.90 Å². The molecule has 0 fully saturated rings. The smallest absolute Gasteiger partial charge is 0.0714 e. The topological polar surface area (TPSA) is 3.24 Å². The van der Waals surface area contributed by atoms with Crippen molar-refractivity contribution in [1.82, 2.24) is 0 Å². The zero-order chi connectivity index (χ0) is 54.4. The summed E-state index contributed by atoms with van der Waals surface area (Å²) in [5.41, 5.74) is 24.6. The van der Waals surface area contributed by atoms with Gasteiger partial charge in [-0.1, -0.05) is 291 Å². The molecule has 14 aromatic rings. The number of rotatable bonds is 11. The van der Waals surface area contributed by atoms with Crippen LogP contribution in [0.3, 0.4) is 0 Å². The number of hydrogen-bond donors (Lipinski definition) is 0. The van der Waals surface area contributed by atoms with E-state index in [1.54, 1.807) is 0 Å². The second-order valence-corrected chi connectivity index (χ2v) is 21.4. The second kappa shape index (κ2) is 20.6. The van der Waals surface area contributed by atoms with E-state index in [1.807, 2.05) is 0 Å². The Bertz CT molecular complexity index is 4570. The van der Waals surface area contributed by atoms with Gasteiger partial charge in [0.1, 0.15) is 0 Å². The van der Waals surface area contributed by atoms with E-state index in [9.17, 15) is 0 Å². The van der Waals surface area contributed by atoms with Gasteiger partial charge in [-0.15, -0.1) is 0 Å². The molecule has 0 spiro atoms. The first-order valence-electron chi connectivity index (χ1n) is 28.4. The molecule has 0 aromatic heterocycles. The molecule has 0 radical (unpaired) electrons. The van der Waals surface area contributed by atoms with Crippen molar-refractivity contribution in [2.75, 3.05) is 4.90 Å². The molecule has 15 rings (SSSR count). The normalized spacial score (nSPS) is 12.2. The molecule has 0 N–H and O–H groups in total. The number of anilines is 3. The molecule has 0 atom stereocenters. The third-order valence-electron chi connectivity index (χ3n) is 16.9. The molecule has 1 aliphatic rings. The fourth-order valence-electron chi connectivity index (χ4n) is 13.4. The van der Waals surface area contributed by atoms with Crippen molar-refractivity contribution in [3.05, 3.63) is 356 Å². The lowest BCUT2D eigenvalue weighted by Gasteiger charge is -2.35. The van der Waals surface area contributed by atoms with Crippen LogP contribution in [0.1, 0.15) is 22.3 Å². The van der Waals surface area contributed by atoms with Gasteiger partial charge in [-0.3, -0.25) is 0 Å². The summed E-state index contributed by atoms with van der Waals surface area (Å²) in [6.07, 6.45) is 0. The van der Waals surface area contributed by atoms with E-state index in [-0.39, 0.29) is 0 Å². The van der Waals surface area contributed by atoms with Crippen LogP contribution in [-0.2, 0) is 5.41 Å². The molecule has 0 heterocycles. The lowest BCUT2D eigenvalue weighted by Crippen LogP contribution is -2.28. The highest BCUT2D eigenvalue weighted by atomic mass is 15.1. The van der Waals surface area contributed by atoms with Crippen LogP contribution in [0.2, 0.25) is 0 Å². The van der Waals surface area contributed by atoms with Gasteiger partial charge in [0, 0.05) is 17.1 Å². The second-order valence-electron chi connectivity index (χ2n) is 21.4. The molecule has 14 aromatic carbocycles. The van der Waals surface area contributed by atoms with Crippen molar-refractivity contribution in [3.63, 3.8) is 0 Å². The minimum atomic E-state index is -0.546. The highest BCUT2D eigenvalue weighted by Gasteiger charge is 2.46. The first-order valence-corrected chi connectivity index (χ1v) is 28.4. The van der Waals surface area contributed by atoms with Gasteiger partial charge in [-0.05, 0) is 164 Å². The van der Waals surface area contributed by atoms with Crippen LogP contribution in [0.5, 0.6) is 0 Å². The fourth-order valence-corrected chi connectivity index (χ4v) is 13.4. The molecular formula is C81H55N. The zero-order valence-electron chi connectivity index (χ0n) is 45.2. The van der Waals surface area contributed by atoms with E-state index < -0.39 is 5.41 Å². The van der Waals surface area contributed by atoms with Crippen LogP contribution >= 0.6 is 0 Å². The molecule has 1 heteroatoms. The number of fused-ring (bicyclic) bond motifs is 5. The summed E-state index contributed by atoms with van der Waals surface area (Å²) in [4.78, 5) is 2.44. The number of nitrogens with zero attached hydrogens (tertiary/aromatic N) is 1. The van der Waals surface area contributed by atoms with Crippen molar-refractivity contribution >= 4 is 38.6 Å². The molecule has 0 saturated carbocycles. The standard InChI is InChI=1S/C81H55N/c1-7-25-59(26-8-1)77-73-52-46-63(54-74(73)78(60-27-9-2-10-28-60)80(62-31-13-4-14-32-62)79(77)61-29-11-3-12-30-61)56-42-47-66(48-43-56)82(67-49-44-58(45-50-67)70-40-23-33-57-24-19-20-38-69(57)70)68-51-53-72-71-39-21-22-41-75(71)81(76(72)55-68,64-34-15-5-16-35-64)65-36-17-6-18-37-65/h1-55H. The summed E-state index contributed by atoms with van der Waals surface area (Å²) < 4.78 is 0. The fraction of sp³-hybridized carbons (Fsp3) is 0.0123. The third kappa shape index (κ3) is 8.17. The molecule has 0 bridgehead atoms. The summed E-state index contributed by atoms with van der Waals surface area (Å²) in [5.74, 6) is 0. The van der Waals surface area contributed by atoms with Crippen LogP contribution in [-0.4, -0.2) is 0 Å². The Morgan fingerprint density at radius 1 is 0.207 bits per heavy atom. The molecule has 384 valence electrons. The minimum absolute atomic E-state index is 0.546. The maximum absolute atomic E-state index is 2.47. The maximum Gasteiger partial charge on any atom is 0.0714 e. The Morgan fingerprint density at radius 3 is 1.20 bits per heavy atom. The van der Waals surface area contributed by atoms with Gasteiger partial charge in [0.05, 0.1) is 5.41 Å². The van der Waals surface area contributed by atoms with E-state index in [1.165, 1.54) is 111 Å². The van der Waals surface area contributed by atoms with Crippen molar-refractivity contribution in [2.24, 2.45) is 0 Å². The van der Waals surface area contributed by atoms with E-state index in [4.69, 9.17) is 0 Å². The highest BCUT2D eigenvalue weighted by molar-refractivity contribution is 6.19. The first-order chi connectivity index (χ1) is 40.7. The van der Waals surface area contributed by atoms with Crippen molar-refractivity contribution < 1.29 is 0 Å². The molecule has 1 nitrogen and oxygen atoms in total. The Morgan fingerprint density at radius 2 is 0.622 bits per heavy atom. The summed E-state index contributed by atoms with van der Waals surface area (Å²) >= 11 is 0. The Labute approximate surface area is 480 Å². The largest absolute Gasteiger partial charge is 0.310 e. The number of hydrogen-bond acceptors (Lipinski definition) is 1. The van der Waals surface area contributed by atoms with Crippen LogP contribution in [0.25, 0.3) is 99.4 Å². The van der Waals surface area contributed by atoms with Crippen molar-refractivity contribution in [3.8, 4) is 77.9 Å². The first kappa shape index (κ1) is 48.5. The molecule has 0 unspecified atom stereocenters. The third-order valence-corrected chi connectivity index (χ3v) is 16.9. The molecule has 0 saturated heterocycles. The van der Waals surface area contributed by atoms with Crippen LogP contribution < -0.4 is 4.90 Å². The van der Waals surface area contributed by atoms with Gasteiger partial charge in [-0.2, -0.15) is 0 Å². The Kier molecular flexibility index (Phi) is 12.2. The lowest BCUT2D eigenvalue weighted by molar-refractivity contribution is 0.768. The summed E-state index contributed by atoms with van der Waals surface area (Å²) in [7, 11) is 0. The van der Waals surface area contributed by atoms with Crippen LogP contribution in [0.15, 0.2) is 334 Å². The van der Waals surface area contributed by atoms with E-state index in [0.717, 1.165) is 28.2 Å². The van der Waals surface area contributed by atoms with Crippen LogP contribution in [0.4, 0.5) is 17.1 Å². The minimum Gasteiger partial charge on any atom is -0.310 e. The van der Waals surface area contributed by atoms with Crippen molar-refractivity contribution in [1.29, 1.82) is 0 Å². The summed E-state index contributed by atoms with van der Waals surface area (Å²) in [6, 6.07) is 123. The maximum atomic E-state index is 2.47. The predicted octanol–water partition coefficient (Wildman–Crippen LogP) is 21.8. The van der Waals surface area contributed by atoms with Gasteiger partial charge in [-0.25, -0.2) is 0 Å². The highest BCUT2D eigenvalue weighted by Crippen LogP contribution is 2.58. The SMILES string of the molecule is c1ccc(-c2c(-c3ccccc3)c(-c3ccccc3)c3cc(-c4ccc(N(c5ccc(-c6cccc7ccccc67)cc5)c5ccc6c(c5)C(c5ccccc5)(c5ccccc5)c5ccccc5-6)cc4)ccc3c2-c2ccccc2)cc1. The quantitative estimate of drug-likeness (QED) is 0.125. The Hall–Kier alpha value is -10.6. The monoisotopic (exact) mass is 1040 g/mol. The van der Waals surface area contributed by atoms with Crippen molar-refractivity contribution in [2.45, 2.75) is 5.41 Å². The number of benzene rings is 14. The molecule has 0 aliphatic heterocycles. The van der Waals surface area contributed by atoms with Gasteiger partial charge in [0.2, 0.25) is 0 Å². The lowest BCUT2D eigenvalue weighted by atomic mass is 9.67. The van der Waals surface area contributed by atoms with Gasteiger partial charge in [0.15, 0.2) is 0 Å². The summed E-state index contributed by atoms with van der Waals surface area (Å²) in [5, 5.41) is 4.90. The molecule has 82 heavy (non-hydrogen) atoms. The average Bonchev–Trinajstić information content (AvgIpc) is 3.42. The summed E-state index contributed by atoms with van der Waals surface area (Å²) in [6.45, 7) is 0. The molecule has 1 aliphatic carbocycles. The average molecular weight is 1040 g/mol. The van der Waals surface area contributed by atoms with Gasteiger partial charge >= 0.3 is 0 Å². The van der Waals surface area contributed by atoms with E-state index in [0.29, 0.717) is 0 Å².